The van der Waals surface area contributed by atoms with E-state index in [0.717, 1.165) is 5.56 Å². The molecular weight excluding hydrogens is 467 g/mol. The van der Waals surface area contributed by atoms with Gasteiger partial charge < -0.3 is 4.90 Å². The van der Waals surface area contributed by atoms with Gasteiger partial charge >= 0.3 is 0 Å². The minimum absolute atomic E-state index is 0.152. The number of nitrogens with zero attached hydrogens (tertiary/aromatic N) is 3. The number of imidazole rings is 1. The van der Waals surface area contributed by atoms with Crippen molar-refractivity contribution in [3.8, 4) is 16.9 Å². The largest absolute Gasteiger partial charge is 0.326 e. The van der Waals surface area contributed by atoms with Crippen molar-refractivity contribution in [3.05, 3.63) is 114 Å². The fourth-order valence-corrected chi connectivity index (χ4v) is 3.75. The second kappa shape index (κ2) is 10.8. The fourth-order valence-electron chi connectivity index (χ4n) is 3.53. The average Bonchev–Trinajstić information content (AvgIpc) is 3.28. The van der Waals surface area contributed by atoms with Gasteiger partial charge in [-0.05, 0) is 36.4 Å². The van der Waals surface area contributed by atoms with Gasteiger partial charge in [-0.15, -0.1) is 6.58 Å². The molecule has 176 valence electrons. The van der Waals surface area contributed by atoms with E-state index in [9.17, 15) is 14.0 Å². The van der Waals surface area contributed by atoms with Gasteiger partial charge in [-0.2, -0.15) is 0 Å². The summed E-state index contributed by atoms with van der Waals surface area (Å²) in [6.07, 6.45) is 3.30. The molecule has 0 aliphatic heterocycles. The quantitative estimate of drug-likeness (QED) is 0.328. The summed E-state index contributed by atoms with van der Waals surface area (Å²) in [5, 5.41) is 3.08. The zero-order valence-electron chi connectivity index (χ0n) is 18.7. The molecule has 0 saturated heterocycles. The first-order valence-electron chi connectivity index (χ1n) is 10.8. The lowest BCUT2D eigenvalue weighted by atomic mass is 10.2. The van der Waals surface area contributed by atoms with Crippen LogP contribution < -0.4 is 5.32 Å². The molecule has 0 saturated carbocycles. The molecule has 0 atom stereocenters. The van der Waals surface area contributed by atoms with Crippen molar-refractivity contribution in [3.63, 3.8) is 0 Å². The van der Waals surface area contributed by atoms with Crippen LogP contribution in [0.2, 0.25) is 5.02 Å². The number of benzene rings is 3. The summed E-state index contributed by atoms with van der Waals surface area (Å²) in [5.74, 6) is -0.983. The Bertz CT molecular complexity index is 1350. The second-order valence-corrected chi connectivity index (χ2v) is 8.07. The first-order valence-corrected chi connectivity index (χ1v) is 11.2. The van der Waals surface area contributed by atoms with Crippen molar-refractivity contribution in [2.45, 2.75) is 0 Å². The molecule has 3 aromatic carbocycles. The zero-order chi connectivity index (χ0) is 24.8. The summed E-state index contributed by atoms with van der Waals surface area (Å²) in [4.78, 5) is 31.9. The molecule has 0 spiro atoms. The molecule has 6 nitrogen and oxygen atoms in total. The van der Waals surface area contributed by atoms with Gasteiger partial charge in [0, 0.05) is 24.0 Å². The number of carbonyl (C=O) groups excluding carboxylic acids is 2. The van der Waals surface area contributed by atoms with Crippen molar-refractivity contribution in [1.29, 1.82) is 0 Å². The van der Waals surface area contributed by atoms with Gasteiger partial charge in [0.25, 0.3) is 5.91 Å². The van der Waals surface area contributed by atoms with Gasteiger partial charge in [0.2, 0.25) is 11.9 Å². The number of aromatic nitrogens is 2. The van der Waals surface area contributed by atoms with E-state index in [0.29, 0.717) is 22.0 Å². The first-order chi connectivity index (χ1) is 17.0. The van der Waals surface area contributed by atoms with E-state index in [1.807, 2.05) is 30.3 Å². The highest BCUT2D eigenvalue weighted by molar-refractivity contribution is 6.33. The summed E-state index contributed by atoms with van der Waals surface area (Å²) in [6, 6.07) is 22.0. The number of nitrogens with one attached hydrogen (secondary N) is 1. The molecule has 35 heavy (non-hydrogen) atoms. The standard InChI is InChI=1S/C27H22ClFN4O2/c1-2-16-32(26(35)22-10-6-7-11-23(22)28)18-25(34)31-27-30-24(19-8-4-3-5-9-19)17-33(27)21-14-12-20(29)13-15-21/h2-15,17H,1,16,18H2,(H,30,31,34). The molecule has 1 N–H and O–H groups in total. The molecule has 4 aromatic rings. The summed E-state index contributed by atoms with van der Waals surface area (Å²) in [5.41, 5.74) is 2.39. The van der Waals surface area contributed by atoms with E-state index in [1.54, 1.807) is 47.2 Å². The van der Waals surface area contributed by atoms with Gasteiger partial charge in [0.1, 0.15) is 12.4 Å². The van der Waals surface area contributed by atoms with Gasteiger partial charge in [-0.3, -0.25) is 19.5 Å². The van der Waals surface area contributed by atoms with Crippen molar-refractivity contribution in [1.82, 2.24) is 14.5 Å². The maximum absolute atomic E-state index is 13.5. The van der Waals surface area contributed by atoms with Crippen LogP contribution in [-0.4, -0.2) is 39.4 Å². The third-order valence-corrected chi connectivity index (χ3v) is 5.54. The molecule has 0 aliphatic rings. The smallest absolute Gasteiger partial charge is 0.256 e. The van der Waals surface area contributed by atoms with Crippen LogP contribution >= 0.6 is 11.6 Å². The topological polar surface area (TPSA) is 67.2 Å². The van der Waals surface area contributed by atoms with E-state index in [1.165, 1.54) is 23.1 Å². The molecule has 0 fully saturated rings. The number of amides is 2. The number of halogens is 2. The van der Waals surface area contributed by atoms with Gasteiger partial charge in [0.15, 0.2) is 0 Å². The fraction of sp³-hybridized carbons (Fsp3) is 0.0741. The van der Waals surface area contributed by atoms with E-state index in [-0.39, 0.29) is 24.9 Å². The van der Waals surface area contributed by atoms with E-state index in [2.05, 4.69) is 16.9 Å². The number of hydrogen-bond donors (Lipinski definition) is 1. The van der Waals surface area contributed by atoms with E-state index >= 15 is 0 Å². The number of rotatable bonds is 8. The van der Waals surface area contributed by atoms with Crippen LogP contribution in [-0.2, 0) is 4.79 Å². The Morgan fingerprint density at radius 3 is 2.40 bits per heavy atom. The molecule has 1 aromatic heterocycles. The zero-order valence-corrected chi connectivity index (χ0v) is 19.5. The molecular formula is C27H22ClFN4O2. The Morgan fingerprint density at radius 2 is 1.71 bits per heavy atom. The molecule has 8 heteroatoms. The van der Waals surface area contributed by atoms with Crippen LogP contribution in [0.25, 0.3) is 16.9 Å². The molecule has 0 radical (unpaired) electrons. The van der Waals surface area contributed by atoms with Crippen molar-refractivity contribution in [2.75, 3.05) is 18.4 Å². The summed E-state index contributed by atoms with van der Waals surface area (Å²) < 4.78 is 15.2. The van der Waals surface area contributed by atoms with Crippen LogP contribution in [0.4, 0.5) is 10.3 Å². The Balaban J connectivity index is 1.61. The lowest BCUT2D eigenvalue weighted by Crippen LogP contribution is -2.38. The third-order valence-electron chi connectivity index (χ3n) is 5.21. The summed E-state index contributed by atoms with van der Waals surface area (Å²) >= 11 is 6.18. The monoisotopic (exact) mass is 488 g/mol. The van der Waals surface area contributed by atoms with E-state index in [4.69, 9.17) is 11.6 Å². The number of hydrogen-bond acceptors (Lipinski definition) is 3. The molecule has 1 heterocycles. The molecule has 0 bridgehead atoms. The number of carbonyl (C=O) groups is 2. The molecule has 2 amide bonds. The van der Waals surface area contributed by atoms with Crippen LogP contribution in [0.3, 0.4) is 0 Å². The van der Waals surface area contributed by atoms with Crippen LogP contribution in [0.5, 0.6) is 0 Å². The molecule has 0 aliphatic carbocycles. The van der Waals surface area contributed by atoms with Gasteiger partial charge in [0.05, 0.1) is 16.3 Å². The first kappa shape index (κ1) is 23.9. The van der Waals surface area contributed by atoms with Crippen molar-refractivity contribution < 1.29 is 14.0 Å². The summed E-state index contributed by atoms with van der Waals surface area (Å²) in [6.45, 7) is 3.59. The molecule has 0 unspecified atom stereocenters. The maximum Gasteiger partial charge on any atom is 0.256 e. The predicted molar refractivity (Wildman–Crippen MR) is 135 cm³/mol. The van der Waals surface area contributed by atoms with Gasteiger partial charge in [-0.1, -0.05) is 60.1 Å². The van der Waals surface area contributed by atoms with Crippen molar-refractivity contribution >= 4 is 29.4 Å². The van der Waals surface area contributed by atoms with E-state index < -0.39 is 11.8 Å². The highest BCUT2D eigenvalue weighted by Gasteiger charge is 2.21. The number of anilines is 1. The second-order valence-electron chi connectivity index (χ2n) is 7.66. The lowest BCUT2D eigenvalue weighted by Gasteiger charge is -2.21. The SMILES string of the molecule is C=CCN(CC(=O)Nc1nc(-c2ccccc2)cn1-c1ccc(F)cc1)C(=O)c1ccccc1Cl. The van der Waals surface area contributed by atoms with Crippen LogP contribution in [0.15, 0.2) is 97.7 Å². The Labute approximate surface area is 207 Å². The predicted octanol–water partition coefficient (Wildman–Crippen LogP) is 5.60. The third kappa shape index (κ3) is 5.65. The highest BCUT2D eigenvalue weighted by Crippen LogP contribution is 2.24. The highest BCUT2D eigenvalue weighted by atomic mass is 35.5. The maximum atomic E-state index is 13.5. The normalized spacial score (nSPS) is 10.6. The Hall–Kier alpha value is -4.23. The Morgan fingerprint density at radius 1 is 1.03 bits per heavy atom. The van der Waals surface area contributed by atoms with Crippen molar-refractivity contribution in [2.24, 2.45) is 0 Å². The van der Waals surface area contributed by atoms with Crippen LogP contribution in [0, 0.1) is 5.82 Å². The van der Waals surface area contributed by atoms with Crippen LogP contribution in [0.1, 0.15) is 10.4 Å². The Kier molecular flexibility index (Phi) is 7.38. The average molecular weight is 489 g/mol. The van der Waals surface area contributed by atoms with Gasteiger partial charge in [-0.25, -0.2) is 9.37 Å². The molecule has 4 rings (SSSR count). The lowest BCUT2D eigenvalue weighted by molar-refractivity contribution is -0.116. The summed E-state index contributed by atoms with van der Waals surface area (Å²) in [7, 11) is 0. The minimum atomic E-state index is -0.458. The minimum Gasteiger partial charge on any atom is -0.326 e.